The van der Waals surface area contributed by atoms with Crippen LogP contribution in [0.2, 0.25) is 0 Å². The number of carbonyl (C=O) groups is 2. The van der Waals surface area contributed by atoms with E-state index < -0.39 is 23.4 Å². The molecule has 2 fully saturated rings. The molecule has 2 aliphatic rings. The van der Waals surface area contributed by atoms with E-state index in [1.807, 2.05) is 57.0 Å². The van der Waals surface area contributed by atoms with Crippen LogP contribution in [-0.2, 0) is 20.8 Å². The predicted molar refractivity (Wildman–Crippen MR) is 187 cm³/mol. The summed E-state index contributed by atoms with van der Waals surface area (Å²) in [5, 5.41) is 19.1. The number of hydrogen-bond acceptors (Lipinski definition) is 13. The van der Waals surface area contributed by atoms with Crippen LogP contribution in [0, 0.1) is 11.8 Å². The third kappa shape index (κ3) is 9.34. The predicted octanol–water partition coefficient (Wildman–Crippen LogP) is 6.28. The minimum atomic E-state index is -0.998. The van der Waals surface area contributed by atoms with Gasteiger partial charge in [0.05, 0.1) is 24.6 Å². The number of hydrogen-bond donors (Lipinski definition) is 1. The highest BCUT2D eigenvalue weighted by atomic mass is 16.6. The topological polar surface area (TPSA) is 156 Å². The Morgan fingerprint density at radius 1 is 0.900 bits per heavy atom. The van der Waals surface area contributed by atoms with E-state index in [-0.39, 0.29) is 40.9 Å². The first kappa shape index (κ1) is 37.1. The van der Waals surface area contributed by atoms with Crippen molar-refractivity contribution >= 4 is 23.8 Å². The summed E-state index contributed by atoms with van der Waals surface area (Å²) in [6.07, 6.45) is 0.845. The molecule has 0 radical (unpaired) electrons. The molecule has 5 rings (SSSR count). The van der Waals surface area contributed by atoms with Crippen LogP contribution < -0.4 is 9.80 Å². The van der Waals surface area contributed by atoms with E-state index in [4.69, 9.17) is 23.6 Å². The molecule has 1 saturated carbocycles. The lowest BCUT2D eigenvalue weighted by Crippen LogP contribution is -2.44. The van der Waals surface area contributed by atoms with E-state index in [0.29, 0.717) is 48.6 Å². The highest BCUT2D eigenvalue weighted by Crippen LogP contribution is 2.40. The van der Waals surface area contributed by atoms with Crippen LogP contribution in [0.1, 0.15) is 80.7 Å². The fraction of sp³-hybridized carbons (Fsp3) is 0.611. The molecule has 14 heteroatoms. The molecule has 1 aliphatic carbocycles. The van der Waals surface area contributed by atoms with E-state index in [9.17, 15) is 14.7 Å². The summed E-state index contributed by atoms with van der Waals surface area (Å²) >= 11 is 0. The molecule has 3 heterocycles. The molecular weight excluding hydrogens is 642 g/mol. The number of aliphatic hydroxyl groups is 1. The average Bonchev–Trinajstić information content (AvgIpc) is 3.73. The molecular formula is C36H51N7O7. The van der Waals surface area contributed by atoms with Crippen molar-refractivity contribution in [2.45, 2.75) is 105 Å². The molecule has 3 atom stereocenters. The number of fused-ring (bicyclic) bond motifs is 1. The molecule has 1 unspecified atom stereocenters. The number of rotatable bonds is 8. The van der Waals surface area contributed by atoms with Gasteiger partial charge in [-0.1, -0.05) is 12.1 Å². The molecule has 272 valence electrons. The van der Waals surface area contributed by atoms with Crippen molar-refractivity contribution in [3.8, 4) is 23.0 Å². The van der Waals surface area contributed by atoms with Gasteiger partial charge < -0.3 is 28.6 Å². The van der Waals surface area contributed by atoms with E-state index >= 15 is 0 Å². The van der Waals surface area contributed by atoms with Crippen LogP contribution in [0.15, 0.2) is 34.9 Å². The first-order valence-corrected chi connectivity index (χ1v) is 17.1. The van der Waals surface area contributed by atoms with Crippen molar-refractivity contribution in [1.29, 1.82) is 0 Å². The standard InChI is InChI=1S/C36H51N7O7/c1-34(2,3)47-21-41(10)18-22-11-13-23(14-12-22)30-39-40-31(48-30)28-29(43(32(45)49-35(4,5)6)33(46)50-36(7,8)9)37-17-27(38-28)42-19-24-15-16-26(44)25(24)20-42/h11-14,17,24-26,44H,15-16,18-21H2,1-10H3/t24-,25+,26?/m0/s1. The van der Waals surface area contributed by atoms with Gasteiger partial charge in [0.1, 0.15) is 17.0 Å². The summed E-state index contributed by atoms with van der Waals surface area (Å²) < 4.78 is 23.3. The van der Waals surface area contributed by atoms with Gasteiger partial charge in [-0.2, -0.15) is 4.90 Å². The Bertz CT molecular complexity index is 1630. The minimum absolute atomic E-state index is 0.00710. The zero-order valence-electron chi connectivity index (χ0n) is 30.9. The quantitative estimate of drug-likeness (QED) is 0.263. The summed E-state index contributed by atoms with van der Waals surface area (Å²) in [7, 11) is 1.99. The third-order valence-corrected chi connectivity index (χ3v) is 8.25. The Labute approximate surface area is 294 Å². The second-order valence-electron chi connectivity index (χ2n) is 16.2. The number of ether oxygens (including phenoxy) is 3. The lowest BCUT2D eigenvalue weighted by Gasteiger charge is -2.28. The summed E-state index contributed by atoms with van der Waals surface area (Å²) in [5.41, 5.74) is -0.351. The normalized spacial score (nSPS) is 19.5. The van der Waals surface area contributed by atoms with Crippen LogP contribution in [0.25, 0.3) is 23.0 Å². The number of aromatic nitrogens is 4. The molecule has 50 heavy (non-hydrogen) atoms. The summed E-state index contributed by atoms with van der Waals surface area (Å²) in [5.74, 6) is 0.936. The van der Waals surface area contributed by atoms with Gasteiger partial charge >= 0.3 is 12.2 Å². The van der Waals surface area contributed by atoms with Gasteiger partial charge in [-0.05, 0) is 106 Å². The molecule has 14 nitrogen and oxygen atoms in total. The van der Waals surface area contributed by atoms with Gasteiger partial charge in [-0.15, -0.1) is 10.2 Å². The second kappa shape index (κ2) is 14.2. The highest BCUT2D eigenvalue weighted by molar-refractivity contribution is 6.10. The monoisotopic (exact) mass is 693 g/mol. The van der Waals surface area contributed by atoms with Gasteiger partial charge in [0.2, 0.25) is 5.89 Å². The molecule has 1 saturated heterocycles. The van der Waals surface area contributed by atoms with Crippen LogP contribution in [0.4, 0.5) is 21.2 Å². The fourth-order valence-corrected chi connectivity index (χ4v) is 5.97. The molecule has 3 aromatic rings. The largest absolute Gasteiger partial charge is 0.443 e. The van der Waals surface area contributed by atoms with Crippen LogP contribution >= 0.6 is 0 Å². The zero-order valence-corrected chi connectivity index (χ0v) is 30.9. The van der Waals surface area contributed by atoms with Gasteiger partial charge in [-0.3, -0.25) is 4.90 Å². The maximum absolute atomic E-state index is 13.6. The van der Waals surface area contributed by atoms with Crippen molar-refractivity contribution in [3.63, 3.8) is 0 Å². The number of imide groups is 1. The Morgan fingerprint density at radius 3 is 2.10 bits per heavy atom. The first-order valence-electron chi connectivity index (χ1n) is 17.1. The summed E-state index contributed by atoms with van der Waals surface area (Å²) in [6.45, 7) is 18.7. The number of amides is 2. The Hall–Kier alpha value is -4.14. The second-order valence-corrected chi connectivity index (χ2v) is 16.2. The maximum atomic E-state index is 13.6. The summed E-state index contributed by atoms with van der Waals surface area (Å²) in [4.78, 5) is 41.5. The zero-order chi connectivity index (χ0) is 36.6. The van der Waals surface area contributed by atoms with Crippen molar-refractivity contribution < 1.29 is 33.3 Å². The van der Waals surface area contributed by atoms with E-state index in [1.54, 1.807) is 41.5 Å². The van der Waals surface area contributed by atoms with Crippen LogP contribution in [0.5, 0.6) is 0 Å². The van der Waals surface area contributed by atoms with Crippen molar-refractivity contribution in [1.82, 2.24) is 25.1 Å². The van der Waals surface area contributed by atoms with Crippen molar-refractivity contribution in [2.75, 3.05) is 36.7 Å². The molecule has 1 aromatic carbocycles. The number of carbonyl (C=O) groups excluding carboxylic acids is 2. The number of nitrogens with zero attached hydrogens (tertiary/aromatic N) is 7. The number of aliphatic hydroxyl groups excluding tert-OH is 1. The van der Waals surface area contributed by atoms with Gasteiger partial charge in [-0.25, -0.2) is 19.6 Å². The summed E-state index contributed by atoms with van der Waals surface area (Å²) in [6, 6.07) is 7.72. The van der Waals surface area contributed by atoms with Crippen molar-refractivity contribution in [3.05, 3.63) is 36.0 Å². The average molecular weight is 694 g/mol. The van der Waals surface area contributed by atoms with Gasteiger partial charge in [0, 0.05) is 31.1 Å². The Kier molecular flexibility index (Phi) is 10.6. The minimum Gasteiger partial charge on any atom is -0.443 e. The number of benzene rings is 1. The maximum Gasteiger partial charge on any atom is 0.425 e. The van der Waals surface area contributed by atoms with Gasteiger partial charge in [0.25, 0.3) is 5.89 Å². The van der Waals surface area contributed by atoms with Crippen LogP contribution in [-0.4, -0.2) is 92.1 Å². The molecule has 0 bridgehead atoms. The first-order chi connectivity index (χ1) is 23.3. The lowest BCUT2D eigenvalue weighted by molar-refractivity contribution is -0.0581. The molecule has 1 N–H and O–H groups in total. The Morgan fingerprint density at radius 2 is 1.52 bits per heavy atom. The number of anilines is 2. The molecule has 0 spiro atoms. The van der Waals surface area contributed by atoms with E-state index in [2.05, 4.69) is 20.1 Å². The smallest absolute Gasteiger partial charge is 0.425 e. The van der Waals surface area contributed by atoms with Gasteiger partial charge in [0.15, 0.2) is 11.5 Å². The van der Waals surface area contributed by atoms with E-state index in [1.165, 1.54) is 6.20 Å². The molecule has 1 aliphatic heterocycles. The Balaban J connectivity index is 1.49. The molecule has 2 amide bonds. The molecule has 2 aromatic heterocycles. The fourth-order valence-electron chi connectivity index (χ4n) is 5.97. The SMILES string of the molecule is CN(COC(C)(C)C)Cc1ccc(-c2nnc(-c3nc(N4C[C@@H]5CCC(O)[C@@H]5C4)cnc3N(C(=O)OC(C)(C)C)C(=O)OC(C)(C)C)o2)cc1. The third-order valence-electron chi connectivity index (χ3n) is 8.25. The van der Waals surface area contributed by atoms with Crippen molar-refractivity contribution in [2.24, 2.45) is 11.8 Å². The highest BCUT2D eigenvalue weighted by Gasteiger charge is 2.43. The van der Waals surface area contributed by atoms with Crippen LogP contribution in [0.3, 0.4) is 0 Å². The lowest BCUT2D eigenvalue weighted by atomic mass is 10.00. The van der Waals surface area contributed by atoms with E-state index in [0.717, 1.165) is 18.4 Å².